The van der Waals surface area contributed by atoms with Gasteiger partial charge in [0.25, 0.3) is 0 Å². The van der Waals surface area contributed by atoms with Crippen molar-refractivity contribution in [3.05, 3.63) is 34.1 Å². The van der Waals surface area contributed by atoms with Gasteiger partial charge >= 0.3 is 5.69 Å². The molecule has 13 heavy (non-hydrogen) atoms. The smallest absolute Gasteiger partial charge is 0.258 e. The summed E-state index contributed by atoms with van der Waals surface area (Å²) in [5.41, 5.74) is 0.150. The molecule has 0 aliphatic rings. The minimum Gasteiger partial charge on any atom is -0.258 e. The molecule has 66 valence electrons. The molecule has 0 bridgehead atoms. The molecule has 0 unspecified atom stereocenters. The fraction of sp³-hybridized carbons (Fsp3) is 0. The first kappa shape index (κ1) is 10.3. The Kier molecular flexibility index (Phi) is 3.98. The van der Waals surface area contributed by atoms with Crippen LogP contribution in [0.15, 0.2) is 18.3 Å². The molecule has 0 N–H and O–H groups in total. The maximum absolute atomic E-state index is 10.5. The molecule has 0 atom stereocenters. The molecule has 0 aliphatic carbocycles. The fourth-order valence-corrected chi connectivity index (χ4v) is 1.17. The summed E-state index contributed by atoms with van der Waals surface area (Å²) in [5.74, 6) is 2.60. The van der Waals surface area contributed by atoms with Crippen LogP contribution in [-0.2, 0) is 0 Å². The predicted molar refractivity (Wildman–Crippen MR) is 59.4 cm³/mol. The van der Waals surface area contributed by atoms with Gasteiger partial charge in [-0.2, -0.15) is 0 Å². The largest absolute Gasteiger partial charge is 0.303 e. The zero-order valence-electron chi connectivity index (χ0n) is 6.23. The predicted octanol–water partition coefficient (Wildman–Crippen LogP) is 2.38. The Bertz CT molecular complexity index is 386. The molecular formula is C7H3IN2O2S. The van der Waals surface area contributed by atoms with Gasteiger partial charge in [0.1, 0.15) is 0 Å². The lowest BCUT2D eigenvalue weighted by molar-refractivity contribution is -0.385. The number of nitrogens with zero attached hydrogens (tertiary/aromatic N) is 2. The number of rotatable bonds is 1. The van der Waals surface area contributed by atoms with Crippen LogP contribution in [-0.4, -0.2) is 9.91 Å². The molecule has 0 amide bonds. The van der Waals surface area contributed by atoms with E-state index in [-0.39, 0.29) is 11.4 Å². The Labute approximate surface area is 90.9 Å². The van der Waals surface area contributed by atoms with Crippen LogP contribution >= 0.6 is 30.1 Å². The van der Waals surface area contributed by atoms with Crippen molar-refractivity contribution in [3.8, 4) is 11.2 Å². The van der Waals surface area contributed by atoms with E-state index in [4.69, 9.17) is 0 Å². The van der Waals surface area contributed by atoms with Gasteiger partial charge in [-0.3, -0.25) is 10.1 Å². The minimum absolute atomic E-state index is 0.0551. The maximum Gasteiger partial charge on any atom is 0.303 e. The number of pyridine rings is 1. The molecule has 0 aromatic carbocycles. The van der Waals surface area contributed by atoms with E-state index >= 15 is 0 Å². The summed E-state index contributed by atoms with van der Waals surface area (Å²) >= 11 is 1.99. The molecule has 1 rings (SSSR count). The molecule has 1 aromatic heterocycles. The monoisotopic (exact) mass is 306 g/mol. The van der Waals surface area contributed by atoms with E-state index in [9.17, 15) is 10.1 Å². The van der Waals surface area contributed by atoms with Gasteiger partial charge in [-0.15, -0.1) is 0 Å². The van der Waals surface area contributed by atoms with Crippen LogP contribution in [0, 0.1) is 21.3 Å². The van der Waals surface area contributed by atoms with Gasteiger partial charge < -0.3 is 0 Å². The van der Waals surface area contributed by atoms with E-state index < -0.39 is 4.92 Å². The van der Waals surface area contributed by atoms with E-state index in [1.807, 2.05) is 21.2 Å². The molecule has 0 saturated carbocycles. The third-order valence-corrected chi connectivity index (χ3v) is 2.03. The van der Waals surface area contributed by atoms with Crippen molar-refractivity contribution in [2.75, 3.05) is 0 Å². The van der Waals surface area contributed by atoms with Crippen LogP contribution in [0.25, 0.3) is 0 Å². The molecule has 0 spiro atoms. The van der Waals surface area contributed by atoms with Crippen molar-refractivity contribution in [2.45, 2.75) is 0 Å². The van der Waals surface area contributed by atoms with Crippen molar-refractivity contribution in [1.29, 1.82) is 0 Å². The third kappa shape index (κ3) is 2.86. The Balaban J connectivity index is 3.12. The van der Waals surface area contributed by atoms with Crippen molar-refractivity contribution in [1.82, 2.24) is 4.98 Å². The zero-order chi connectivity index (χ0) is 9.68. The summed E-state index contributed by atoms with van der Waals surface area (Å²) in [6.45, 7) is 0. The molecular weight excluding hydrogens is 303 g/mol. The Hall–Kier alpha value is -0.810. The maximum atomic E-state index is 10.5. The van der Waals surface area contributed by atoms with Gasteiger partial charge in [-0.1, -0.05) is 0 Å². The number of hydrogen-bond donors (Lipinski definition) is 0. The molecule has 1 aromatic rings. The topological polar surface area (TPSA) is 56.0 Å². The average molecular weight is 306 g/mol. The summed E-state index contributed by atoms with van der Waals surface area (Å²) in [5, 5.41) is 13.1. The fourth-order valence-electron chi connectivity index (χ4n) is 0.708. The SMILES string of the molecule is O=[N+]([O-])c1cccnc1C#CSI. The van der Waals surface area contributed by atoms with Crippen LogP contribution in [0.2, 0.25) is 0 Å². The average Bonchev–Trinajstić information content (AvgIpc) is 2.15. The highest BCUT2D eigenvalue weighted by Gasteiger charge is 2.10. The third-order valence-electron chi connectivity index (χ3n) is 1.19. The second kappa shape index (κ2) is 5.04. The van der Waals surface area contributed by atoms with Crippen molar-refractivity contribution >= 4 is 35.8 Å². The highest BCUT2D eigenvalue weighted by atomic mass is 127. The van der Waals surface area contributed by atoms with Gasteiger partial charge in [-0.25, -0.2) is 4.98 Å². The van der Waals surface area contributed by atoms with E-state index in [0.717, 1.165) is 0 Å². The zero-order valence-corrected chi connectivity index (χ0v) is 9.20. The quantitative estimate of drug-likeness (QED) is 0.346. The lowest BCUT2D eigenvalue weighted by Gasteiger charge is -1.91. The van der Waals surface area contributed by atoms with Crippen LogP contribution in [0.3, 0.4) is 0 Å². The highest BCUT2D eigenvalue weighted by molar-refractivity contribution is 14.2. The Morgan fingerprint density at radius 2 is 2.46 bits per heavy atom. The number of halogens is 1. The molecule has 0 saturated heterocycles. The van der Waals surface area contributed by atoms with E-state index in [0.29, 0.717) is 0 Å². The van der Waals surface area contributed by atoms with Crippen molar-refractivity contribution in [3.63, 3.8) is 0 Å². The summed E-state index contributed by atoms with van der Waals surface area (Å²) < 4.78 is 0. The second-order valence-corrected chi connectivity index (χ2v) is 3.61. The first-order valence-electron chi connectivity index (χ1n) is 3.13. The Morgan fingerprint density at radius 1 is 1.69 bits per heavy atom. The summed E-state index contributed by atoms with van der Waals surface area (Å²) in [4.78, 5) is 13.8. The van der Waals surface area contributed by atoms with Crippen molar-refractivity contribution in [2.24, 2.45) is 0 Å². The standard InChI is InChI=1S/C7H3IN2O2S/c8-13-5-3-6-7(10(11)12)2-1-4-9-6/h1-2,4H. The van der Waals surface area contributed by atoms with Crippen LogP contribution < -0.4 is 0 Å². The number of nitro groups is 1. The van der Waals surface area contributed by atoms with Crippen molar-refractivity contribution < 1.29 is 4.92 Å². The van der Waals surface area contributed by atoms with Gasteiger partial charge in [-0.05, 0) is 26.2 Å². The van der Waals surface area contributed by atoms with Gasteiger partial charge in [0.15, 0.2) is 5.69 Å². The van der Waals surface area contributed by atoms with Crippen LogP contribution in [0.1, 0.15) is 5.69 Å². The second-order valence-electron chi connectivity index (χ2n) is 1.93. The molecule has 0 aliphatic heterocycles. The summed E-state index contributed by atoms with van der Waals surface area (Å²) in [7, 11) is 1.26. The summed E-state index contributed by atoms with van der Waals surface area (Å²) in [6.07, 6.45) is 1.48. The molecule has 0 fully saturated rings. The Morgan fingerprint density at radius 3 is 3.08 bits per heavy atom. The molecule has 6 heteroatoms. The van der Waals surface area contributed by atoms with Gasteiger partial charge in [0.05, 0.1) is 4.92 Å². The number of aromatic nitrogens is 1. The van der Waals surface area contributed by atoms with Gasteiger partial charge in [0, 0.05) is 33.5 Å². The first-order valence-corrected chi connectivity index (χ1v) is 6.49. The number of hydrogen-bond acceptors (Lipinski definition) is 4. The van der Waals surface area contributed by atoms with E-state index in [1.165, 1.54) is 27.3 Å². The van der Waals surface area contributed by atoms with Crippen LogP contribution in [0.5, 0.6) is 0 Å². The molecule has 4 nitrogen and oxygen atoms in total. The van der Waals surface area contributed by atoms with E-state index in [2.05, 4.69) is 16.2 Å². The minimum atomic E-state index is -0.491. The molecule has 1 heterocycles. The molecule has 0 radical (unpaired) electrons. The van der Waals surface area contributed by atoms with Gasteiger partial charge in [0.2, 0.25) is 0 Å². The first-order chi connectivity index (χ1) is 6.25. The summed E-state index contributed by atoms with van der Waals surface area (Å²) in [6, 6.07) is 2.90. The highest BCUT2D eigenvalue weighted by Crippen LogP contribution is 2.14. The normalized spacial score (nSPS) is 8.69. The van der Waals surface area contributed by atoms with E-state index in [1.54, 1.807) is 0 Å². The van der Waals surface area contributed by atoms with Crippen LogP contribution in [0.4, 0.5) is 5.69 Å². The lowest BCUT2D eigenvalue weighted by atomic mass is 10.3. The lowest BCUT2D eigenvalue weighted by Crippen LogP contribution is -1.93.